The first-order chi connectivity index (χ1) is 7.02. The highest BCUT2D eigenvalue weighted by molar-refractivity contribution is 7.87. The molecule has 0 saturated heterocycles. The summed E-state index contributed by atoms with van der Waals surface area (Å²) < 4.78 is 26.3. The maximum atomic E-state index is 11.1. The van der Waals surface area contributed by atoms with Crippen molar-refractivity contribution in [2.45, 2.75) is 33.1 Å². The van der Waals surface area contributed by atoms with Crippen LogP contribution in [0.1, 0.15) is 33.1 Å². The molecule has 0 N–H and O–H groups in total. The normalized spacial score (nSPS) is 11.1. The molecule has 0 atom stereocenters. The molecule has 0 aliphatic rings. The molecule has 0 bridgehead atoms. The van der Waals surface area contributed by atoms with Gasteiger partial charge in [-0.2, -0.15) is 18.1 Å². The fraction of sp³-hybridized carbons (Fsp3) is 0.875. The van der Waals surface area contributed by atoms with E-state index in [2.05, 4.69) is 14.0 Å². The van der Waals surface area contributed by atoms with E-state index in [1.165, 1.54) is 0 Å². The zero-order valence-electron chi connectivity index (χ0n) is 8.89. The Kier molecular flexibility index (Phi) is 7.06. The Balaban J connectivity index is 3.86. The van der Waals surface area contributed by atoms with Gasteiger partial charge in [-0.15, -0.1) is 0 Å². The number of hydrogen-bond acceptors (Lipinski definition) is 6. The van der Waals surface area contributed by atoms with Gasteiger partial charge in [0.2, 0.25) is 0 Å². The molecule has 0 radical (unpaired) electrons. The SMILES string of the molecule is CCCCCS(=O)(=O)OC(=O)OOCC. The monoisotopic (exact) mass is 240 g/mol. The van der Waals surface area contributed by atoms with Gasteiger partial charge < -0.3 is 4.18 Å². The van der Waals surface area contributed by atoms with Crippen LogP contribution in [0.2, 0.25) is 0 Å². The molecule has 0 amide bonds. The Bertz CT molecular complexity index is 271. The second kappa shape index (κ2) is 7.47. The predicted molar refractivity (Wildman–Crippen MR) is 52.5 cm³/mol. The summed E-state index contributed by atoms with van der Waals surface area (Å²) in [6.07, 6.45) is 0.760. The van der Waals surface area contributed by atoms with Crippen molar-refractivity contribution in [2.24, 2.45) is 0 Å². The fourth-order valence-electron chi connectivity index (χ4n) is 0.795. The van der Waals surface area contributed by atoms with Gasteiger partial charge in [0.05, 0.1) is 12.4 Å². The molecule has 0 aromatic heterocycles. The fourth-order valence-corrected chi connectivity index (χ4v) is 1.67. The molecule has 0 unspecified atom stereocenters. The van der Waals surface area contributed by atoms with E-state index in [1.54, 1.807) is 6.92 Å². The second-order valence-corrected chi connectivity index (χ2v) is 4.48. The van der Waals surface area contributed by atoms with E-state index in [4.69, 9.17) is 0 Å². The Hall–Kier alpha value is -0.820. The van der Waals surface area contributed by atoms with Gasteiger partial charge in [0, 0.05) is 0 Å². The highest BCUT2D eigenvalue weighted by atomic mass is 32.2. The summed E-state index contributed by atoms with van der Waals surface area (Å²) in [5.74, 6) is -0.192. The van der Waals surface area contributed by atoms with Crippen molar-refractivity contribution in [3.05, 3.63) is 0 Å². The molecule has 0 aromatic rings. The summed E-state index contributed by atoms with van der Waals surface area (Å²) in [7, 11) is -3.84. The summed E-state index contributed by atoms with van der Waals surface area (Å²) in [4.78, 5) is 18.9. The summed E-state index contributed by atoms with van der Waals surface area (Å²) in [5, 5.41) is 0. The lowest BCUT2D eigenvalue weighted by Gasteiger charge is -2.04. The van der Waals surface area contributed by atoms with E-state index < -0.39 is 16.3 Å². The zero-order valence-corrected chi connectivity index (χ0v) is 9.71. The van der Waals surface area contributed by atoms with Gasteiger partial charge in [-0.1, -0.05) is 19.8 Å². The number of unbranched alkanes of at least 4 members (excludes halogenated alkanes) is 2. The molecule has 0 aliphatic carbocycles. The van der Waals surface area contributed by atoms with E-state index in [-0.39, 0.29) is 12.4 Å². The van der Waals surface area contributed by atoms with Crippen molar-refractivity contribution >= 4 is 16.3 Å². The molecule has 0 spiro atoms. The largest absolute Gasteiger partial charge is 0.556 e. The van der Waals surface area contributed by atoms with E-state index in [0.29, 0.717) is 6.42 Å². The van der Waals surface area contributed by atoms with E-state index >= 15 is 0 Å². The van der Waals surface area contributed by atoms with E-state index in [1.807, 2.05) is 6.92 Å². The molecule has 0 fully saturated rings. The molecule has 0 heterocycles. The first-order valence-electron chi connectivity index (χ1n) is 4.77. The number of rotatable bonds is 7. The quantitative estimate of drug-likeness (QED) is 0.291. The zero-order chi connectivity index (χ0) is 11.7. The van der Waals surface area contributed by atoms with Crippen molar-refractivity contribution < 1.29 is 27.2 Å². The second-order valence-electron chi connectivity index (χ2n) is 2.79. The summed E-state index contributed by atoms with van der Waals surface area (Å²) >= 11 is 0. The minimum Gasteiger partial charge on any atom is -0.310 e. The smallest absolute Gasteiger partial charge is 0.310 e. The molecule has 7 heteroatoms. The van der Waals surface area contributed by atoms with Gasteiger partial charge in [0.25, 0.3) is 0 Å². The van der Waals surface area contributed by atoms with Gasteiger partial charge >= 0.3 is 16.3 Å². The Morgan fingerprint density at radius 2 is 1.87 bits per heavy atom. The summed E-state index contributed by atoms with van der Waals surface area (Å²) in [6, 6.07) is 0. The van der Waals surface area contributed by atoms with Crippen molar-refractivity contribution in [2.75, 3.05) is 12.4 Å². The topological polar surface area (TPSA) is 78.9 Å². The highest BCUT2D eigenvalue weighted by Crippen LogP contribution is 2.03. The van der Waals surface area contributed by atoms with Crippen LogP contribution in [0.15, 0.2) is 0 Å². The van der Waals surface area contributed by atoms with Crippen molar-refractivity contribution in [3.8, 4) is 0 Å². The van der Waals surface area contributed by atoms with E-state index in [0.717, 1.165) is 12.8 Å². The van der Waals surface area contributed by atoms with Crippen molar-refractivity contribution in [3.63, 3.8) is 0 Å². The maximum absolute atomic E-state index is 11.1. The third-order valence-corrected chi connectivity index (χ3v) is 2.62. The number of carbonyl (C=O) groups excluding carboxylic acids is 1. The average Bonchev–Trinajstić information content (AvgIpc) is 2.14. The van der Waals surface area contributed by atoms with Crippen LogP contribution in [0.5, 0.6) is 0 Å². The molecule has 15 heavy (non-hydrogen) atoms. The highest BCUT2D eigenvalue weighted by Gasteiger charge is 2.18. The average molecular weight is 240 g/mol. The summed E-state index contributed by atoms with van der Waals surface area (Å²) in [5.41, 5.74) is 0. The van der Waals surface area contributed by atoms with Crippen LogP contribution >= 0.6 is 0 Å². The van der Waals surface area contributed by atoms with Gasteiger partial charge in [0.1, 0.15) is 0 Å². The van der Waals surface area contributed by atoms with Gasteiger partial charge in [-0.25, -0.2) is 0 Å². The van der Waals surface area contributed by atoms with Gasteiger partial charge in [-0.05, 0) is 13.3 Å². The van der Waals surface area contributed by atoms with Crippen LogP contribution in [0, 0.1) is 0 Å². The van der Waals surface area contributed by atoms with Crippen LogP contribution in [0.3, 0.4) is 0 Å². The number of hydrogen-bond donors (Lipinski definition) is 0. The third kappa shape index (κ3) is 8.19. The van der Waals surface area contributed by atoms with E-state index in [9.17, 15) is 13.2 Å². The molecular weight excluding hydrogens is 224 g/mol. The Morgan fingerprint density at radius 1 is 1.20 bits per heavy atom. The van der Waals surface area contributed by atoms with Crippen LogP contribution in [-0.4, -0.2) is 26.9 Å². The summed E-state index contributed by atoms with van der Waals surface area (Å²) in [6.45, 7) is 3.66. The van der Waals surface area contributed by atoms with Gasteiger partial charge in [-0.3, -0.25) is 4.89 Å². The van der Waals surface area contributed by atoms with Crippen molar-refractivity contribution in [1.29, 1.82) is 0 Å². The lowest BCUT2D eigenvalue weighted by atomic mass is 10.3. The molecular formula is C8H16O6S. The van der Waals surface area contributed by atoms with Gasteiger partial charge in [0.15, 0.2) is 0 Å². The first kappa shape index (κ1) is 14.2. The van der Waals surface area contributed by atoms with Crippen LogP contribution in [0.25, 0.3) is 0 Å². The number of carbonyl (C=O) groups is 1. The minimum atomic E-state index is -3.84. The standard InChI is InChI=1S/C8H16O6S/c1-3-5-6-7-15(10,11)14-8(9)13-12-4-2/h3-7H2,1-2H3. The molecule has 90 valence electrons. The lowest BCUT2D eigenvalue weighted by molar-refractivity contribution is -0.244. The predicted octanol–water partition coefficient (Wildman–Crippen LogP) is 1.61. The first-order valence-corrected chi connectivity index (χ1v) is 6.35. The van der Waals surface area contributed by atoms with Crippen molar-refractivity contribution in [1.82, 2.24) is 0 Å². The minimum absolute atomic E-state index is 0.130. The van der Waals surface area contributed by atoms with Crippen LogP contribution < -0.4 is 0 Å². The Labute approximate surface area is 89.6 Å². The lowest BCUT2D eigenvalue weighted by Crippen LogP contribution is -2.17. The molecule has 0 rings (SSSR count). The molecule has 6 nitrogen and oxygen atoms in total. The maximum Gasteiger partial charge on any atom is 0.556 e. The van der Waals surface area contributed by atoms with Crippen LogP contribution in [-0.2, 0) is 24.1 Å². The van der Waals surface area contributed by atoms with Crippen LogP contribution in [0.4, 0.5) is 4.79 Å². The Morgan fingerprint density at radius 3 is 2.40 bits per heavy atom. The third-order valence-electron chi connectivity index (χ3n) is 1.44. The molecule has 0 aromatic carbocycles. The molecule has 0 saturated carbocycles. The molecule has 0 aliphatic heterocycles.